The zero-order valence-corrected chi connectivity index (χ0v) is 11.6. The van der Waals surface area contributed by atoms with Crippen LogP contribution in [0.2, 0.25) is 5.15 Å². The highest BCUT2D eigenvalue weighted by atomic mass is 35.5. The van der Waals surface area contributed by atoms with Crippen molar-refractivity contribution in [2.45, 2.75) is 19.9 Å². The Kier molecular flexibility index (Phi) is 3.26. The fourth-order valence-electron chi connectivity index (χ4n) is 2.15. The predicted molar refractivity (Wildman–Crippen MR) is 75.2 cm³/mol. The van der Waals surface area contributed by atoms with E-state index < -0.39 is 0 Å². The van der Waals surface area contributed by atoms with Gasteiger partial charge in [0.1, 0.15) is 5.71 Å². The van der Waals surface area contributed by atoms with E-state index in [4.69, 9.17) is 17.0 Å². The molecule has 96 valence electrons. The Morgan fingerprint density at radius 3 is 2.83 bits per heavy atom. The highest BCUT2D eigenvalue weighted by Gasteiger charge is 2.32. The summed E-state index contributed by atoms with van der Waals surface area (Å²) >= 11 is 6.19. The average molecular weight is 266 g/mol. The quantitative estimate of drug-likeness (QED) is 0.601. The molecule has 1 atom stereocenters. The van der Waals surface area contributed by atoms with Gasteiger partial charge in [-0.25, -0.2) is 4.98 Å². The van der Waals surface area contributed by atoms with E-state index in [9.17, 15) is 0 Å². The number of aryl methyl sites for hydroxylation is 1. The summed E-state index contributed by atoms with van der Waals surface area (Å²) in [6.45, 7) is 3.86. The maximum atomic E-state index is 8.26. The molecule has 0 spiro atoms. The van der Waals surface area contributed by atoms with E-state index >= 15 is 0 Å². The molecule has 2 rings (SSSR count). The molecule has 0 aromatic carbocycles. The Morgan fingerprint density at radius 1 is 1.56 bits per heavy atom. The molecule has 1 unspecified atom stereocenters. The van der Waals surface area contributed by atoms with E-state index in [-0.39, 0.29) is 6.04 Å². The van der Waals surface area contributed by atoms with E-state index in [1.807, 2.05) is 31.9 Å². The minimum absolute atomic E-state index is 0.0144. The summed E-state index contributed by atoms with van der Waals surface area (Å²) < 4.78 is 0. The monoisotopic (exact) mass is 265 g/mol. The number of hydrogen-bond acceptors (Lipinski definition) is 5. The number of rotatable bonds is 1. The number of hydrogen-bond donors (Lipinski definition) is 2. The van der Waals surface area contributed by atoms with Gasteiger partial charge in [-0.15, -0.1) is 0 Å². The number of nitrogens with zero attached hydrogens (tertiary/aromatic N) is 3. The van der Waals surface area contributed by atoms with Gasteiger partial charge in [0.2, 0.25) is 0 Å². The topological polar surface area (TPSA) is 64.4 Å². The highest BCUT2D eigenvalue weighted by Crippen LogP contribution is 2.34. The van der Waals surface area contributed by atoms with Crippen molar-refractivity contribution in [2.75, 3.05) is 19.0 Å². The average Bonchev–Trinajstić information content (AvgIpc) is 2.31. The molecule has 1 aromatic heterocycles. The Morgan fingerprint density at radius 2 is 2.22 bits per heavy atom. The largest absolute Gasteiger partial charge is 0.363 e. The number of pyridine rings is 1. The lowest BCUT2D eigenvalue weighted by atomic mass is 9.94. The molecule has 1 aromatic rings. The molecular formula is C12H16ClN5. The Labute approximate surface area is 111 Å². The van der Waals surface area contributed by atoms with Crippen molar-refractivity contribution in [2.24, 2.45) is 5.10 Å². The summed E-state index contributed by atoms with van der Waals surface area (Å²) in [5.41, 5.74) is 6.24. The fraction of sp³-hybridized carbons (Fsp3) is 0.417. The van der Waals surface area contributed by atoms with Gasteiger partial charge in [-0.3, -0.25) is 5.41 Å². The van der Waals surface area contributed by atoms with Crippen molar-refractivity contribution in [1.82, 2.24) is 10.4 Å². The van der Waals surface area contributed by atoms with Gasteiger partial charge >= 0.3 is 0 Å². The van der Waals surface area contributed by atoms with Crippen LogP contribution in [0, 0.1) is 12.3 Å². The molecule has 0 saturated carbocycles. The van der Waals surface area contributed by atoms with Crippen LogP contribution in [-0.4, -0.2) is 36.5 Å². The third-order valence-corrected chi connectivity index (χ3v) is 3.43. The van der Waals surface area contributed by atoms with Gasteiger partial charge in [-0.1, -0.05) is 11.6 Å². The van der Waals surface area contributed by atoms with E-state index in [0.29, 0.717) is 16.6 Å². The summed E-state index contributed by atoms with van der Waals surface area (Å²) in [5, 5.41) is 12.9. The van der Waals surface area contributed by atoms with Gasteiger partial charge in [-0.2, -0.15) is 5.10 Å². The number of halogens is 1. The molecule has 0 radical (unpaired) electrons. The maximum Gasteiger partial charge on any atom is 0.153 e. The van der Waals surface area contributed by atoms with Crippen LogP contribution in [0.1, 0.15) is 18.2 Å². The second-order valence-electron chi connectivity index (χ2n) is 4.33. The van der Waals surface area contributed by atoms with Crippen LogP contribution in [0.5, 0.6) is 0 Å². The molecule has 0 saturated heterocycles. The smallest absolute Gasteiger partial charge is 0.153 e. The molecular weight excluding hydrogens is 250 g/mol. The van der Waals surface area contributed by atoms with Crippen LogP contribution in [0.3, 0.4) is 0 Å². The molecule has 18 heavy (non-hydrogen) atoms. The predicted octanol–water partition coefficient (Wildman–Crippen LogP) is 1.82. The Balaban J connectivity index is 2.67. The minimum atomic E-state index is -0.0144. The summed E-state index contributed by atoms with van der Waals surface area (Å²) in [6.07, 6.45) is 0. The standard InChI is InChI=1S/C12H16ClN5/c1-6-5-8-9(14)10(17-15-3)7(2)18(4)11(8)12(13)16-6/h5,7,14-15H,1-4H3/b14-9?,17-10-. The van der Waals surface area contributed by atoms with Crippen molar-refractivity contribution >= 4 is 28.7 Å². The van der Waals surface area contributed by atoms with Gasteiger partial charge in [-0.05, 0) is 19.9 Å². The first-order chi connectivity index (χ1) is 8.47. The van der Waals surface area contributed by atoms with Crippen molar-refractivity contribution in [3.63, 3.8) is 0 Å². The number of nitrogens with one attached hydrogen (secondary N) is 2. The first-order valence-electron chi connectivity index (χ1n) is 5.71. The first kappa shape index (κ1) is 12.8. The third-order valence-electron chi connectivity index (χ3n) is 3.17. The van der Waals surface area contributed by atoms with Crippen molar-refractivity contribution < 1.29 is 0 Å². The van der Waals surface area contributed by atoms with Gasteiger partial charge in [0, 0.05) is 25.4 Å². The van der Waals surface area contributed by atoms with Crippen LogP contribution >= 0.6 is 11.6 Å². The van der Waals surface area contributed by atoms with Crippen LogP contribution in [0.25, 0.3) is 0 Å². The van der Waals surface area contributed by atoms with Crippen LogP contribution in [0.15, 0.2) is 11.2 Å². The molecule has 2 heterocycles. The lowest BCUT2D eigenvalue weighted by Crippen LogP contribution is -2.46. The number of hydrazone groups is 1. The van der Waals surface area contributed by atoms with Crippen molar-refractivity contribution in [3.05, 3.63) is 22.5 Å². The molecule has 0 aliphatic carbocycles. The molecule has 0 bridgehead atoms. The molecule has 2 N–H and O–H groups in total. The zero-order valence-electron chi connectivity index (χ0n) is 10.9. The van der Waals surface area contributed by atoms with Crippen molar-refractivity contribution in [1.29, 1.82) is 5.41 Å². The van der Waals surface area contributed by atoms with Crippen molar-refractivity contribution in [3.8, 4) is 0 Å². The van der Waals surface area contributed by atoms with Crippen LogP contribution in [0.4, 0.5) is 5.69 Å². The second kappa shape index (κ2) is 4.57. The molecule has 6 heteroatoms. The fourth-order valence-corrected chi connectivity index (χ4v) is 2.52. The first-order valence-corrected chi connectivity index (χ1v) is 6.08. The maximum absolute atomic E-state index is 8.26. The third kappa shape index (κ3) is 1.84. The van der Waals surface area contributed by atoms with E-state index in [2.05, 4.69) is 15.5 Å². The molecule has 1 aliphatic rings. The lowest BCUT2D eigenvalue weighted by molar-refractivity contribution is 0.819. The summed E-state index contributed by atoms with van der Waals surface area (Å²) in [7, 11) is 3.66. The molecule has 5 nitrogen and oxygen atoms in total. The van der Waals surface area contributed by atoms with E-state index in [0.717, 1.165) is 16.9 Å². The van der Waals surface area contributed by atoms with E-state index in [1.165, 1.54) is 0 Å². The Bertz CT molecular complexity index is 538. The zero-order chi connectivity index (χ0) is 13.4. The normalized spacial score (nSPS) is 21.2. The summed E-state index contributed by atoms with van der Waals surface area (Å²) in [6, 6.07) is 1.86. The Hall–Kier alpha value is -1.62. The SMILES string of the molecule is CN/N=C1\C(=N)c2cc(C)nc(Cl)c2N(C)C1C. The number of anilines is 1. The van der Waals surface area contributed by atoms with Crippen LogP contribution < -0.4 is 10.3 Å². The van der Waals surface area contributed by atoms with Gasteiger partial charge in [0.15, 0.2) is 5.15 Å². The van der Waals surface area contributed by atoms with E-state index in [1.54, 1.807) is 7.05 Å². The van der Waals surface area contributed by atoms with Gasteiger partial charge in [0.25, 0.3) is 0 Å². The number of fused-ring (bicyclic) bond motifs is 1. The van der Waals surface area contributed by atoms with Gasteiger partial charge in [0.05, 0.1) is 17.4 Å². The molecule has 0 fully saturated rings. The molecule has 1 aliphatic heterocycles. The van der Waals surface area contributed by atoms with Crippen LogP contribution in [-0.2, 0) is 0 Å². The lowest BCUT2D eigenvalue weighted by Gasteiger charge is -2.35. The van der Waals surface area contributed by atoms with Gasteiger partial charge < -0.3 is 10.3 Å². The highest BCUT2D eigenvalue weighted by molar-refractivity contribution is 6.52. The summed E-state index contributed by atoms with van der Waals surface area (Å²) in [4.78, 5) is 6.25. The number of aromatic nitrogens is 1. The second-order valence-corrected chi connectivity index (χ2v) is 4.69. The minimum Gasteiger partial charge on any atom is -0.363 e. The summed E-state index contributed by atoms with van der Waals surface area (Å²) in [5.74, 6) is 0. The molecule has 0 amide bonds.